The number of carbonyl (C=O) groups excluding carboxylic acids is 2. The van der Waals surface area contributed by atoms with Crippen LogP contribution in [-0.2, 0) is 20.7 Å². The molecule has 0 aliphatic carbocycles. The van der Waals surface area contributed by atoms with E-state index in [1.807, 2.05) is 47.4 Å². The lowest BCUT2D eigenvalue weighted by atomic mass is 9.96. The molecule has 2 amide bonds. The average molecular weight is 597 g/mol. The maximum absolute atomic E-state index is 13.2. The van der Waals surface area contributed by atoms with E-state index in [9.17, 15) is 19.5 Å². The first kappa shape index (κ1) is 29.9. The lowest BCUT2D eigenvalue weighted by Gasteiger charge is -2.33. The number of rotatable bonds is 10. The maximum atomic E-state index is 13.2. The Balaban J connectivity index is 1.39. The van der Waals surface area contributed by atoms with Crippen LogP contribution in [0.1, 0.15) is 12.0 Å². The van der Waals surface area contributed by atoms with Gasteiger partial charge in [0.1, 0.15) is 17.5 Å². The van der Waals surface area contributed by atoms with Gasteiger partial charge in [-0.2, -0.15) is 0 Å². The van der Waals surface area contributed by atoms with Crippen LogP contribution < -0.4 is 15.5 Å². The standard InChI is InChI=1S/C31H32N8O5/c1-44-30(41)23(15-21-5-3-2-4-6-21)17-29(40)35-24-18-25(36-26(19-24)37-27-20-32-9-10-33-27)22-7-8-34-28(16-22)38-11-13-39(14-12-38)31(42)43/h2-10,16,18-20,23H,11-15,17H2,1H3,(H,42,43)(H2,33,35,36,37,40)/t23-/m0/s1. The summed E-state index contributed by atoms with van der Waals surface area (Å²) in [5.74, 6) is 0.0955. The van der Waals surface area contributed by atoms with Crippen molar-refractivity contribution in [2.75, 3.05) is 48.8 Å². The van der Waals surface area contributed by atoms with Crippen LogP contribution in [0.15, 0.2) is 79.4 Å². The van der Waals surface area contributed by atoms with Crippen molar-refractivity contribution in [3.8, 4) is 11.3 Å². The number of anilines is 4. The molecule has 0 radical (unpaired) electrons. The third-order valence-electron chi connectivity index (χ3n) is 7.14. The SMILES string of the molecule is COC(=O)[C@H](CC(=O)Nc1cc(Nc2cnccn2)nc(-c2ccnc(N3CCN(C(=O)O)CC3)c2)c1)Cc1ccccc1. The predicted molar refractivity (Wildman–Crippen MR) is 163 cm³/mol. The molecule has 3 N–H and O–H groups in total. The van der Waals surface area contributed by atoms with Crippen LogP contribution in [0.25, 0.3) is 11.3 Å². The number of nitrogens with zero attached hydrogens (tertiary/aromatic N) is 6. The summed E-state index contributed by atoms with van der Waals surface area (Å²) in [4.78, 5) is 58.1. The van der Waals surface area contributed by atoms with Crippen molar-refractivity contribution in [2.24, 2.45) is 5.92 Å². The highest BCUT2D eigenvalue weighted by Gasteiger charge is 2.24. The molecule has 1 aliphatic heterocycles. The van der Waals surface area contributed by atoms with Crippen molar-refractivity contribution in [3.63, 3.8) is 0 Å². The number of amides is 2. The Labute approximate surface area is 254 Å². The summed E-state index contributed by atoms with van der Waals surface area (Å²) in [6.45, 7) is 1.78. The zero-order chi connectivity index (χ0) is 30.9. The van der Waals surface area contributed by atoms with E-state index in [4.69, 9.17) is 9.72 Å². The number of pyridine rings is 2. The van der Waals surface area contributed by atoms with E-state index in [1.165, 1.54) is 12.0 Å². The number of piperazine rings is 1. The number of esters is 1. The number of nitrogens with one attached hydrogen (secondary N) is 2. The van der Waals surface area contributed by atoms with Crippen molar-refractivity contribution in [2.45, 2.75) is 12.8 Å². The fourth-order valence-corrected chi connectivity index (χ4v) is 4.93. The van der Waals surface area contributed by atoms with Gasteiger partial charge in [0.25, 0.3) is 0 Å². The number of carbonyl (C=O) groups is 3. The Morgan fingerprint density at radius 2 is 1.75 bits per heavy atom. The highest BCUT2D eigenvalue weighted by atomic mass is 16.5. The van der Waals surface area contributed by atoms with Gasteiger partial charge in [0.2, 0.25) is 5.91 Å². The molecular weight excluding hydrogens is 564 g/mol. The summed E-state index contributed by atoms with van der Waals surface area (Å²) < 4.78 is 4.98. The molecule has 1 aromatic carbocycles. The first-order valence-electron chi connectivity index (χ1n) is 14.0. The second-order valence-electron chi connectivity index (χ2n) is 10.2. The molecule has 3 aromatic heterocycles. The molecule has 1 atom stereocenters. The molecule has 4 aromatic rings. The Hall–Kier alpha value is -5.59. The molecule has 0 unspecified atom stereocenters. The van der Waals surface area contributed by atoms with E-state index in [0.717, 1.165) is 11.1 Å². The molecule has 0 saturated carbocycles. The van der Waals surface area contributed by atoms with E-state index < -0.39 is 18.0 Å². The molecule has 1 fully saturated rings. The fraction of sp³-hybridized carbons (Fsp3) is 0.258. The Kier molecular flexibility index (Phi) is 9.54. The quantitative estimate of drug-likeness (QED) is 0.228. The van der Waals surface area contributed by atoms with Gasteiger partial charge in [0.05, 0.1) is 24.9 Å². The summed E-state index contributed by atoms with van der Waals surface area (Å²) in [7, 11) is 1.31. The Bertz CT molecular complexity index is 1600. The summed E-state index contributed by atoms with van der Waals surface area (Å²) in [6, 6.07) is 16.6. The van der Waals surface area contributed by atoms with Gasteiger partial charge in [-0.3, -0.25) is 14.6 Å². The molecule has 13 heteroatoms. The zero-order valence-electron chi connectivity index (χ0n) is 24.1. The van der Waals surface area contributed by atoms with Gasteiger partial charge < -0.3 is 30.3 Å². The lowest BCUT2D eigenvalue weighted by molar-refractivity contribution is -0.146. The van der Waals surface area contributed by atoms with Gasteiger partial charge in [-0.15, -0.1) is 0 Å². The third-order valence-corrected chi connectivity index (χ3v) is 7.14. The number of hydrogen-bond acceptors (Lipinski definition) is 10. The second-order valence-corrected chi connectivity index (χ2v) is 10.2. The van der Waals surface area contributed by atoms with Crippen molar-refractivity contribution >= 4 is 41.1 Å². The predicted octanol–water partition coefficient (Wildman–Crippen LogP) is 3.84. The molecular formula is C31H32N8O5. The van der Waals surface area contributed by atoms with E-state index >= 15 is 0 Å². The molecule has 4 heterocycles. The topological polar surface area (TPSA) is 163 Å². The smallest absolute Gasteiger partial charge is 0.407 e. The monoisotopic (exact) mass is 596 g/mol. The van der Waals surface area contributed by atoms with Gasteiger partial charge in [0, 0.05) is 68.5 Å². The number of aromatic nitrogens is 4. The van der Waals surface area contributed by atoms with Gasteiger partial charge in [-0.25, -0.2) is 19.7 Å². The Morgan fingerprint density at radius 3 is 2.45 bits per heavy atom. The van der Waals surface area contributed by atoms with Crippen molar-refractivity contribution in [1.82, 2.24) is 24.8 Å². The normalized spacial score (nSPS) is 13.6. The number of ether oxygens (including phenoxy) is 1. The van der Waals surface area contributed by atoms with Gasteiger partial charge in [-0.1, -0.05) is 30.3 Å². The van der Waals surface area contributed by atoms with Crippen LogP contribution in [0, 0.1) is 5.92 Å². The minimum atomic E-state index is -0.935. The van der Waals surface area contributed by atoms with Crippen molar-refractivity contribution in [1.29, 1.82) is 0 Å². The van der Waals surface area contributed by atoms with E-state index in [0.29, 0.717) is 61.4 Å². The number of carboxylic acid groups (broad SMARTS) is 1. The molecule has 226 valence electrons. The van der Waals surface area contributed by atoms with Crippen LogP contribution in [0.5, 0.6) is 0 Å². The molecule has 0 bridgehead atoms. The van der Waals surface area contributed by atoms with Gasteiger partial charge in [-0.05, 0) is 30.2 Å². The van der Waals surface area contributed by atoms with Crippen molar-refractivity contribution < 1.29 is 24.2 Å². The summed E-state index contributed by atoms with van der Waals surface area (Å²) >= 11 is 0. The van der Waals surface area contributed by atoms with E-state index in [2.05, 4.69) is 25.6 Å². The largest absolute Gasteiger partial charge is 0.469 e. The number of methoxy groups -OCH3 is 1. The lowest BCUT2D eigenvalue weighted by Crippen LogP contribution is -2.48. The van der Waals surface area contributed by atoms with Gasteiger partial charge >= 0.3 is 12.1 Å². The third kappa shape index (κ3) is 7.82. The molecule has 1 saturated heterocycles. The van der Waals surface area contributed by atoms with Crippen LogP contribution in [0.3, 0.4) is 0 Å². The molecule has 1 aliphatic rings. The van der Waals surface area contributed by atoms with Crippen LogP contribution in [0.4, 0.5) is 27.9 Å². The zero-order valence-corrected chi connectivity index (χ0v) is 24.1. The van der Waals surface area contributed by atoms with Crippen LogP contribution >= 0.6 is 0 Å². The summed E-state index contributed by atoms with van der Waals surface area (Å²) in [6.07, 6.45) is 5.68. The first-order valence-corrected chi connectivity index (χ1v) is 14.0. The molecule has 5 rings (SSSR count). The first-order chi connectivity index (χ1) is 21.4. The molecule has 44 heavy (non-hydrogen) atoms. The number of hydrogen-bond donors (Lipinski definition) is 3. The fourth-order valence-electron chi connectivity index (χ4n) is 4.93. The Morgan fingerprint density at radius 1 is 0.955 bits per heavy atom. The van der Waals surface area contributed by atoms with Crippen LogP contribution in [0.2, 0.25) is 0 Å². The minimum absolute atomic E-state index is 0.0755. The van der Waals surface area contributed by atoms with E-state index in [-0.39, 0.29) is 12.3 Å². The summed E-state index contributed by atoms with van der Waals surface area (Å²) in [5.41, 5.74) is 2.68. The highest BCUT2D eigenvalue weighted by Crippen LogP contribution is 2.28. The van der Waals surface area contributed by atoms with Crippen molar-refractivity contribution in [3.05, 3.63) is 84.9 Å². The summed E-state index contributed by atoms with van der Waals surface area (Å²) in [5, 5.41) is 15.3. The highest BCUT2D eigenvalue weighted by molar-refractivity contribution is 5.94. The molecule has 13 nitrogen and oxygen atoms in total. The maximum Gasteiger partial charge on any atom is 0.407 e. The van der Waals surface area contributed by atoms with E-state index in [1.54, 1.807) is 36.9 Å². The van der Waals surface area contributed by atoms with Crippen LogP contribution in [-0.4, -0.2) is 81.2 Å². The molecule has 0 spiro atoms. The minimum Gasteiger partial charge on any atom is -0.469 e. The van der Waals surface area contributed by atoms with Gasteiger partial charge in [0.15, 0.2) is 0 Å². The average Bonchev–Trinajstić information content (AvgIpc) is 3.05. The second kappa shape index (κ2) is 14.1. The number of benzene rings is 1.